The Balaban J connectivity index is 2.40. The Kier molecular flexibility index (Phi) is 2.76. The zero-order chi connectivity index (χ0) is 14.5. The van der Waals surface area contributed by atoms with E-state index in [1.54, 1.807) is 13.0 Å². The van der Waals surface area contributed by atoms with Gasteiger partial charge in [0.25, 0.3) is 0 Å². The van der Waals surface area contributed by atoms with Gasteiger partial charge in [-0.3, -0.25) is 4.79 Å². The lowest BCUT2D eigenvalue weighted by Crippen LogP contribution is -2.07. The molecule has 3 rings (SSSR count). The third-order valence-electron chi connectivity index (χ3n) is 3.41. The summed E-state index contributed by atoms with van der Waals surface area (Å²) in [5.41, 5.74) is 0.925. The number of hydrogen-bond acceptors (Lipinski definition) is 3. The molecule has 0 atom stereocenters. The summed E-state index contributed by atoms with van der Waals surface area (Å²) < 4.78 is 38.6. The molecule has 1 aliphatic rings. The fourth-order valence-corrected chi connectivity index (χ4v) is 4.10. The van der Waals surface area contributed by atoms with Gasteiger partial charge in [0.2, 0.25) is 0 Å². The van der Waals surface area contributed by atoms with Gasteiger partial charge in [-0.15, -0.1) is 0 Å². The Morgan fingerprint density at radius 2 is 1.85 bits per heavy atom. The first-order valence-corrected chi connectivity index (χ1v) is 7.71. The molecule has 0 aliphatic carbocycles. The van der Waals surface area contributed by atoms with Gasteiger partial charge in [-0.2, -0.15) is 0 Å². The number of carbonyl (C=O) groups is 1. The van der Waals surface area contributed by atoms with Gasteiger partial charge in [0, 0.05) is 16.7 Å². The zero-order valence-corrected chi connectivity index (χ0v) is 11.5. The van der Waals surface area contributed by atoms with E-state index in [0.717, 1.165) is 5.56 Å². The van der Waals surface area contributed by atoms with E-state index in [-0.39, 0.29) is 21.6 Å². The molecule has 20 heavy (non-hydrogen) atoms. The van der Waals surface area contributed by atoms with Crippen LogP contribution >= 0.6 is 0 Å². The second kappa shape index (κ2) is 4.24. The molecule has 0 aromatic heterocycles. The van der Waals surface area contributed by atoms with Crippen LogP contribution in [0.3, 0.4) is 0 Å². The van der Waals surface area contributed by atoms with Gasteiger partial charge in [0.15, 0.2) is 15.6 Å². The van der Waals surface area contributed by atoms with Gasteiger partial charge in [0.1, 0.15) is 5.82 Å². The van der Waals surface area contributed by atoms with Crippen LogP contribution in [0.1, 0.15) is 27.0 Å². The number of carbonyl (C=O) groups excluding carboxylic acids is 1. The van der Waals surface area contributed by atoms with Crippen molar-refractivity contribution in [1.29, 1.82) is 0 Å². The van der Waals surface area contributed by atoms with Crippen molar-refractivity contribution in [2.75, 3.05) is 0 Å². The second-order valence-corrected chi connectivity index (χ2v) is 6.81. The van der Waals surface area contributed by atoms with Crippen LogP contribution in [0.2, 0.25) is 0 Å². The maximum absolute atomic E-state index is 13.9. The van der Waals surface area contributed by atoms with Crippen molar-refractivity contribution in [3.05, 3.63) is 64.5 Å². The Morgan fingerprint density at radius 3 is 2.60 bits per heavy atom. The molecule has 0 radical (unpaired) electrons. The van der Waals surface area contributed by atoms with E-state index in [2.05, 4.69) is 0 Å². The summed E-state index contributed by atoms with van der Waals surface area (Å²) >= 11 is 0. The van der Waals surface area contributed by atoms with Crippen LogP contribution in [0.5, 0.6) is 0 Å². The van der Waals surface area contributed by atoms with Crippen LogP contribution in [-0.4, -0.2) is 14.2 Å². The summed E-state index contributed by atoms with van der Waals surface area (Å²) in [5, 5.41) is 0. The lowest BCUT2D eigenvalue weighted by molar-refractivity contribution is 0.103. The lowest BCUT2D eigenvalue weighted by atomic mass is 9.98. The molecule has 0 unspecified atom stereocenters. The number of rotatable bonds is 0. The van der Waals surface area contributed by atoms with Crippen molar-refractivity contribution in [2.24, 2.45) is 0 Å². The predicted octanol–water partition coefficient (Wildman–Crippen LogP) is 2.65. The Labute approximate surface area is 116 Å². The van der Waals surface area contributed by atoms with Crippen LogP contribution in [-0.2, 0) is 15.6 Å². The van der Waals surface area contributed by atoms with Crippen molar-refractivity contribution < 1.29 is 17.6 Å². The molecule has 1 heterocycles. The molecule has 0 saturated carbocycles. The van der Waals surface area contributed by atoms with E-state index in [9.17, 15) is 17.6 Å². The number of sulfone groups is 1. The van der Waals surface area contributed by atoms with E-state index in [1.165, 1.54) is 30.3 Å². The summed E-state index contributed by atoms with van der Waals surface area (Å²) in [4.78, 5) is 12.4. The third-order valence-corrected chi connectivity index (χ3v) is 5.09. The van der Waals surface area contributed by atoms with Crippen molar-refractivity contribution in [1.82, 2.24) is 0 Å². The maximum atomic E-state index is 13.9. The summed E-state index contributed by atoms with van der Waals surface area (Å²) in [7, 11) is -3.73. The number of benzene rings is 2. The fourth-order valence-electron chi connectivity index (χ4n) is 2.41. The van der Waals surface area contributed by atoms with E-state index >= 15 is 0 Å². The molecule has 0 bridgehead atoms. The maximum Gasteiger partial charge on any atom is 0.194 e. The first-order chi connectivity index (χ1) is 9.40. The van der Waals surface area contributed by atoms with Gasteiger partial charge in [-0.25, -0.2) is 12.8 Å². The van der Waals surface area contributed by atoms with Gasteiger partial charge >= 0.3 is 0 Å². The van der Waals surface area contributed by atoms with Crippen LogP contribution < -0.4 is 0 Å². The number of aryl methyl sites for hydroxylation is 1. The number of fused-ring (bicyclic) bond motifs is 2. The molecule has 2 aromatic rings. The molecule has 5 heteroatoms. The van der Waals surface area contributed by atoms with Crippen molar-refractivity contribution >= 4 is 15.6 Å². The largest absolute Gasteiger partial charge is 0.289 e. The summed E-state index contributed by atoms with van der Waals surface area (Å²) in [6, 6.07) is 8.68. The van der Waals surface area contributed by atoms with E-state index < -0.39 is 27.2 Å². The summed E-state index contributed by atoms with van der Waals surface area (Å²) in [5.74, 6) is -1.60. The highest BCUT2D eigenvalue weighted by Crippen LogP contribution is 2.31. The lowest BCUT2D eigenvalue weighted by Gasteiger charge is -2.05. The monoisotopic (exact) mass is 290 g/mol. The smallest absolute Gasteiger partial charge is 0.194 e. The summed E-state index contributed by atoms with van der Waals surface area (Å²) in [6.45, 7) is 1.75. The minimum Gasteiger partial charge on any atom is -0.289 e. The van der Waals surface area contributed by atoms with Crippen LogP contribution in [0, 0.1) is 12.7 Å². The van der Waals surface area contributed by atoms with E-state index in [4.69, 9.17) is 0 Å². The number of halogens is 1. The summed E-state index contributed by atoms with van der Waals surface area (Å²) in [6.07, 6.45) is 0. The highest BCUT2D eigenvalue weighted by molar-refractivity contribution is 7.90. The minimum atomic E-state index is -3.73. The molecule has 2 aromatic carbocycles. The third kappa shape index (κ3) is 1.86. The van der Waals surface area contributed by atoms with E-state index in [1.807, 2.05) is 0 Å². The molecule has 102 valence electrons. The van der Waals surface area contributed by atoms with Crippen molar-refractivity contribution in [3.63, 3.8) is 0 Å². The first kappa shape index (κ1) is 13.0. The topological polar surface area (TPSA) is 51.2 Å². The van der Waals surface area contributed by atoms with Crippen LogP contribution in [0.4, 0.5) is 4.39 Å². The molecule has 0 amide bonds. The molecule has 3 nitrogen and oxygen atoms in total. The van der Waals surface area contributed by atoms with Crippen LogP contribution in [0.25, 0.3) is 0 Å². The van der Waals surface area contributed by atoms with E-state index in [0.29, 0.717) is 0 Å². The first-order valence-electron chi connectivity index (χ1n) is 6.05. The normalized spacial score (nSPS) is 16.2. The Hall–Kier alpha value is -2.01. The number of hydrogen-bond donors (Lipinski definition) is 0. The highest BCUT2D eigenvalue weighted by Gasteiger charge is 2.31. The van der Waals surface area contributed by atoms with Crippen molar-refractivity contribution in [2.45, 2.75) is 17.6 Å². The minimum absolute atomic E-state index is 0.0156. The average molecular weight is 290 g/mol. The predicted molar refractivity (Wildman–Crippen MR) is 71.9 cm³/mol. The quantitative estimate of drug-likeness (QED) is 0.749. The van der Waals surface area contributed by atoms with Gasteiger partial charge in [-0.05, 0) is 30.7 Å². The molecule has 0 fully saturated rings. The van der Waals surface area contributed by atoms with Gasteiger partial charge < -0.3 is 0 Å². The van der Waals surface area contributed by atoms with Crippen molar-refractivity contribution in [3.8, 4) is 0 Å². The van der Waals surface area contributed by atoms with Crippen LogP contribution in [0.15, 0.2) is 41.3 Å². The highest BCUT2D eigenvalue weighted by atomic mass is 32.2. The number of ketones is 1. The average Bonchev–Trinajstić information content (AvgIpc) is 2.47. The zero-order valence-electron chi connectivity index (χ0n) is 10.7. The standard InChI is InChI=1S/C15H11FO3S/c1-9-5-6-11-14(7-9)20(18,19)8-12-10(15(11)17)3-2-4-13(12)16/h2-7H,8H2,1H3. The molecule has 0 saturated heterocycles. The van der Waals surface area contributed by atoms with Gasteiger partial charge in [0.05, 0.1) is 10.6 Å². The second-order valence-electron chi connectivity index (χ2n) is 4.85. The molecule has 1 aliphatic heterocycles. The fraction of sp³-hybridized carbons (Fsp3) is 0.133. The van der Waals surface area contributed by atoms with Gasteiger partial charge in [-0.1, -0.05) is 18.2 Å². The molecule has 0 N–H and O–H groups in total. The molecular formula is C15H11FO3S. The Morgan fingerprint density at radius 1 is 1.10 bits per heavy atom. The Bertz CT molecular complexity index is 838. The molecule has 0 spiro atoms. The SMILES string of the molecule is Cc1ccc2c(c1)S(=O)(=O)Cc1c(F)cccc1C2=O. The molecular weight excluding hydrogens is 279 g/mol.